The molecule has 31 heavy (non-hydrogen) atoms. The third-order valence-electron chi connectivity index (χ3n) is 6.30. The number of carbonyl (C=O) groups excluding carboxylic acids is 2. The SMILES string of the molecule is COc1cccc(CN2C[C@]34C=C[C@H](O3)[C@H](C(=O)N(C)Cc3noc(C)n3)[C@H]4C2=O)c1. The lowest BCUT2D eigenvalue weighted by molar-refractivity contribution is -0.143. The summed E-state index contributed by atoms with van der Waals surface area (Å²) in [5, 5.41) is 3.86. The average Bonchev–Trinajstić information content (AvgIpc) is 3.50. The van der Waals surface area contributed by atoms with Crippen molar-refractivity contribution in [1.82, 2.24) is 19.9 Å². The summed E-state index contributed by atoms with van der Waals surface area (Å²) in [5.74, 6) is 0.309. The highest BCUT2D eigenvalue weighted by Gasteiger charge is 2.67. The maximum atomic E-state index is 13.4. The van der Waals surface area contributed by atoms with Crippen LogP contribution in [0.25, 0.3) is 0 Å². The number of nitrogens with zero attached hydrogens (tertiary/aromatic N) is 4. The largest absolute Gasteiger partial charge is 0.497 e. The van der Waals surface area contributed by atoms with E-state index in [2.05, 4.69) is 10.1 Å². The number of aryl methyl sites for hydroxylation is 1. The molecule has 2 saturated heterocycles. The van der Waals surface area contributed by atoms with Crippen molar-refractivity contribution in [2.45, 2.75) is 31.7 Å². The Morgan fingerprint density at radius 1 is 1.42 bits per heavy atom. The Kier molecular flexibility index (Phi) is 4.58. The van der Waals surface area contributed by atoms with E-state index >= 15 is 0 Å². The molecule has 1 aromatic heterocycles. The lowest BCUT2D eigenvalue weighted by atomic mass is 9.76. The quantitative estimate of drug-likeness (QED) is 0.645. The fourth-order valence-corrected chi connectivity index (χ4v) is 4.94. The molecule has 162 valence electrons. The van der Waals surface area contributed by atoms with Crippen LogP contribution in [0.2, 0.25) is 0 Å². The molecule has 9 heteroatoms. The Balaban J connectivity index is 1.35. The average molecular weight is 424 g/mol. The first-order valence-corrected chi connectivity index (χ1v) is 10.2. The second-order valence-corrected chi connectivity index (χ2v) is 8.37. The number of benzene rings is 1. The molecule has 4 atom stereocenters. The van der Waals surface area contributed by atoms with Gasteiger partial charge < -0.3 is 23.8 Å². The maximum absolute atomic E-state index is 13.4. The van der Waals surface area contributed by atoms with Gasteiger partial charge in [-0.1, -0.05) is 29.4 Å². The number of hydrogen-bond acceptors (Lipinski definition) is 7. The lowest BCUT2D eigenvalue weighted by Crippen LogP contribution is -2.44. The van der Waals surface area contributed by atoms with E-state index in [9.17, 15) is 9.59 Å². The van der Waals surface area contributed by atoms with Crippen molar-refractivity contribution in [3.63, 3.8) is 0 Å². The van der Waals surface area contributed by atoms with E-state index in [1.165, 1.54) is 0 Å². The summed E-state index contributed by atoms with van der Waals surface area (Å²) in [7, 11) is 3.30. The standard InChI is InChI=1S/C22H24N4O5/c1-13-23-17(24-31-13)11-25(2)20(27)18-16-7-8-22(30-16)12-26(21(28)19(18)22)10-14-5-4-6-15(9-14)29-3/h4-9,16,18-19H,10-12H2,1-3H3/t16-,18-,19-,22-/m0/s1. The molecule has 1 spiro atoms. The smallest absolute Gasteiger partial charge is 0.230 e. The van der Waals surface area contributed by atoms with E-state index in [0.29, 0.717) is 24.8 Å². The summed E-state index contributed by atoms with van der Waals surface area (Å²) in [6.07, 6.45) is 3.47. The van der Waals surface area contributed by atoms with Gasteiger partial charge in [-0.2, -0.15) is 4.98 Å². The van der Waals surface area contributed by atoms with Crippen molar-refractivity contribution < 1.29 is 23.6 Å². The molecule has 2 aromatic rings. The molecule has 0 unspecified atom stereocenters. The van der Waals surface area contributed by atoms with Gasteiger partial charge in [0, 0.05) is 20.5 Å². The van der Waals surface area contributed by atoms with Gasteiger partial charge >= 0.3 is 0 Å². The third kappa shape index (κ3) is 3.20. The van der Waals surface area contributed by atoms with Gasteiger partial charge in [-0.05, 0) is 17.7 Å². The first kappa shape index (κ1) is 19.7. The van der Waals surface area contributed by atoms with Crippen molar-refractivity contribution in [3.8, 4) is 5.75 Å². The zero-order valence-corrected chi connectivity index (χ0v) is 17.6. The normalized spacial score (nSPS) is 28.3. The predicted molar refractivity (Wildman–Crippen MR) is 108 cm³/mol. The van der Waals surface area contributed by atoms with E-state index < -0.39 is 23.5 Å². The van der Waals surface area contributed by atoms with Gasteiger partial charge in [-0.15, -0.1) is 0 Å². The Labute approximate surface area is 179 Å². The van der Waals surface area contributed by atoms with E-state index in [1.54, 1.807) is 30.9 Å². The maximum Gasteiger partial charge on any atom is 0.230 e. The number of methoxy groups -OCH3 is 1. The second-order valence-electron chi connectivity index (χ2n) is 8.37. The van der Waals surface area contributed by atoms with Gasteiger partial charge in [0.05, 0.1) is 38.1 Å². The molecule has 0 aliphatic carbocycles. The molecule has 0 N–H and O–H groups in total. The van der Waals surface area contributed by atoms with Crippen LogP contribution >= 0.6 is 0 Å². The Morgan fingerprint density at radius 2 is 2.26 bits per heavy atom. The molecular formula is C22H24N4O5. The topological polar surface area (TPSA) is 98.0 Å². The molecule has 2 amide bonds. The van der Waals surface area contributed by atoms with Crippen molar-refractivity contribution in [1.29, 1.82) is 0 Å². The number of aromatic nitrogens is 2. The van der Waals surface area contributed by atoms with Gasteiger partial charge in [0.2, 0.25) is 17.7 Å². The molecule has 5 rings (SSSR count). The molecule has 3 aliphatic heterocycles. The number of likely N-dealkylation sites (tertiary alicyclic amines) is 1. The van der Waals surface area contributed by atoms with Crippen molar-refractivity contribution in [2.75, 3.05) is 20.7 Å². The zero-order valence-electron chi connectivity index (χ0n) is 17.6. The highest BCUT2D eigenvalue weighted by Crippen LogP contribution is 2.52. The van der Waals surface area contributed by atoms with Gasteiger partial charge in [0.25, 0.3) is 0 Å². The van der Waals surface area contributed by atoms with Crippen LogP contribution in [0.1, 0.15) is 17.3 Å². The molecule has 1 aromatic carbocycles. The second kappa shape index (κ2) is 7.19. The molecule has 3 aliphatic rings. The van der Waals surface area contributed by atoms with Crippen molar-refractivity contribution in [2.24, 2.45) is 11.8 Å². The number of fused-ring (bicyclic) bond motifs is 1. The highest BCUT2D eigenvalue weighted by atomic mass is 16.5. The van der Waals surface area contributed by atoms with Crippen LogP contribution < -0.4 is 4.74 Å². The van der Waals surface area contributed by atoms with E-state index in [0.717, 1.165) is 11.3 Å². The first-order chi connectivity index (χ1) is 14.9. The third-order valence-corrected chi connectivity index (χ3v) is 6.30. The number of rotatable bonds is 6. The number of ether oxygens (including phenoxy) is 2. The van der Waals surface area contributed by atoms with Gasteiger partial charge in [0.15, 0.2) is 5.82 Å². The Bertz CT molecular complexity index is 1070. The van der Waals surface area contributed by atoms with Crippen LogP contribution in [0.4, 0.5) is 0 Å². The number of carbonyl (C=O) groups is 2. The Morgan fingerprint density at radius 3 is 3.00 bits per heavy atom. The highest BCUT2D eigenvalue weighted by molar-refractivity contribution is 5.93. The van der Waals surface area contributed by atoms with Crippen LogP contribution in [0.3, 0.4) is 0 Å². The number of hydrogen-bond donors (Lipinski definition) is 0. The molecule has 4 heterocycles. The van der Waals surface area contributed by atoms with Crippen molar-refractivity contribution in [3.05, 3.63) is 53.7 Å². The van der Waals surface area contributed by atoms with Crippen LogP contribution in [0.5, 0.6) is 5.75 Å². The van der Waals surface area contributed by atoms with Crippen LogP contribution in [0.15, 0.2) is 40.9 Å². The monoisotopic (exact) mass is 424 g/mol. The van der Waals surface area contributed by atoms with Crippen LogP contribution in [-0.4, -0.2) is 64.2 Å². The van der Waals surface area contributed by atoms with Crippen LogP contribution in [0, 0.1) is 18.8 Å². The fourth-order valence-electron chi connectivity index (χ4n) is 4.94. The van der Waals surface area contributed by atoms with Gasteiger partial charge in [-0.3, -0.25) is 9.59 Å². The molecule has 0 saturated carbocycles. The summed E-state index contributed by atoms with van der Waals surface area (Å²) in [6.45, 7) is 2.78. The predicted octanol–water partition coefficient (Wildman–Crippen LogP) is 1.33. The van der Waals surface area contributed by atoms with E-state index in [1.807, 2.05) is 36.4 Å². The Hall–Kier alpha value is -3.20. The van der Waals surface area contributed by atoms with Gasteiger partial charge in [0.1, 0.15) is 11.4 Å². The summed E-state index contributed by atoms with van der Waals surface area (Å²) >= 11 is 0. The molecular weight excluding hydrogens is 400 g/mol. The summed E-state index contributed by atoms with van der Waals surface area (Å²) in [4.78, 5) is 34.2. The van der Waals surface area contributed by atoms with E-state index in [4.69, 9.17) is 14.0 Å². The minimum absolute atomic E-state index is 0.0585. The summed E-state index contributed by atoms with van der Waals surface area (Å²) in [5.41, 5.74) is 0.222. The van der Waals surface area contributed by atoms with Crippen LogP contribution in [-0.2, 0) is 27.4 Å². The first-order valence-electron chi connectivity index (χ1n) is 10.2. The summed E-state index contributed by atoms with van der Waals surface area (Å²) < 4.78 is 16.5. The van der Waals surface area contributed by atoms with E-state index in [-0.39, 0.29) is 18.4 Å². The minimum atomic E-state index is -0.746. The molecule has 2 bridgehead atoms. The zero-order chi connectivity index (χ0) is 21.8. The molecule has 0 radical (unpaired) electrons. The fraction of sp³-hybridized carbons (Fsp3) is 0.455. The minimum Gasteiger partial charge on any atom is -0.497 e. The molecule has 2 fully saturated rings. The van der Waals surface area contributed by atoms with Gasteiger partial charge in [-0.25, -0.2) is 0 Å². The lowest BCUT2D eigenvalue weighted by Gasteiger charge is -2.27. The number of amides is 2. The van der Waals surface area contributed by atoms with Crippen molar-refractivity contribution >= 4 is 11.8 Å². The molecule has 9 nitrogen and oxygen atoms in total. The summed E-state index contributed by atoms with van der Waals surface area (Å²) in [6, 6.07) is 7.64.